The Hall–Kier alpha value is -1.46. The second-order valence-electron chi connectivity index (χ2n) is 5.30. The summed E-state index contributed by atoms with van der Waals surface area (Å²) in [5, 5.41) is 7.62. The summed E-state index contributed by atoms with van der Waals surface area (Å²) < 4.78 is 2.54. The number of benzene rings is 1. The molecule has 0 saturated heterocycles. The van der Waals surface area contributed by atoms with Gasteiger partial charge in [-0.1, -0.05) is 19.1 Å². The third kappa shape index (κ3) is 2.80. The summed E-state index contributed by atoms with van der Waals surface area (Å²) in [5.41, 5.74) is 3.94. The zero-order valence-electron chi connectivity index (χ0n) is 12.0. The van der Waals surface area contributed by atoms with E-state index in [-0.39, 0.29) is 5.78 Å². The van der Waals surface area contributed by atoms with Crippen molar-refractivity contribution in [1.82, 2.24) is 15.1 Å². The highest BCUT2D eigenvalue weighted by Gasteiger charge is 2.20. The molecule has 3 rings (SSSR count). The van der Waals surface area contributed by atoms with Gasteiger partial charge in [0.15, 0.2) is 0 Å². The third-order valence-corrected chi connectivity index (χ3v) is 4.38. The summed E-state index contributed by atoms with van der Waals surface area (Å²) in [6, 6.07) is 6.03. The third-order valence-electron chi connectivity index (χ3n) is 3.80. The van der Waals surface area contributed by atoms with Crippen LogP contribution in [0.5, 0.6) is 0 Å². The Balaban J connectivity index is 1.97. The minimum absolute atomic E-state index is 0.0289. The minimum Gasteiger partial charge on any atom is -0.312 e. The second kappa shape index (κ2) is 6.12. The van der Waals surface area contributed by atoms with Crippen molar-refractivity contribution in [3.8, 4) is 0 Å². The Bertz CT molecular complexity index is 678. The monoisotopic (exact) mass is 347 g/mol. The molecule has 2 heterocycles. The average molecular weight is 348 g/mol. The standard InChI is InChI=1S/C16H18BrN3O/c1-2-7-20-15(14(17)10-19-20)16(21)12-4-3-11-5-6-18-9-13(11)8-12/h3-4,8,10,18H,2,5-7,9H2,1H3. The van der Waals surface area contributed by atoms with Crippen LogP contribution >= 0.6 is 15.9 Å². The molecule has 0 aliphatic carbocycles. The van der Waals surface area contributed by atoms with Crippen molar-refractivity contribution in [1.29, 1.82) is 0 Å². The van der Waals surface area contributed by atoms with Crippen molar-refractivity contribution in [2.45, 2.75) is 32.9 Å². The summed E-state index contributed by atoms with van der Waals surface area (Å²) >= 11 is 3.44. The van der Waals surface area contributed by atoms with Crippen LogP contribution in [0.2, 0.25) is 0 Å². The van der Waals surface area contributed by atoms with Gasteiger partial charge < -0.3 is 5.32 Å². The molecule has 4 nitrogen and oxygen atoms in total. The summed E-state index contributed by atoms with van der Waals surface area (Å²) in [4.78, 5) is 12.8. The van der Waals surface area contributed by atoms with Gasteiger partial charge in [0, 0.05) is 18.7 Å². The van der Waals surface area contributed by atoms with E-state index in [0.717, 1.165) is 42.5 Å². The van der Waals surface area contributed by atoms with Gasteiger partial charge in [0.05, 0.1) is 10.7 Å². The van der Waals surface area contributed by atoms with Crippen LogP contribution in [-0.2, 0) is 19.5 Å². The fraction of sp³-hybridized carbons (Fsp3) is 0.375. The number of carbonyl (C=O) groups is 1. The van der Waals surface area contributed by atoms with Gasteiger partial charge in [-0.2, -0.15) is 5.10 Å². The molecule has 5 heteroatoms. The van der Waals surface area contributed by atoms with Crippen LogP contribution in [0.15, 0.2) is 28.9 Å². The van der Waals surface area contributed by atoms with Crippen LogP contribution in [0.1, 0.15) is 40.5 Å². The SMILES string of the molecule is CCCn1ncc(Br)c1C(=O)c1ccc2c(c1)CNCC2. The molecule has 21 heavy (non-hydrogen) atoms. The normalized spacial score (nSPS) is 14.0. The number of hydrogen-bond acceptors (Lipinski definition) is 3. The molecular weight excluding hydrogens is 330 g/mol. The maximum absolute atomic E-state index is 12.8. The molecule has 0 saturated carbocycles. The van der Waals surface area contributed by atoms with E-state index in [1.165, 1.54) is 11.1 Å². The number of aryl methyl sites for hydroxylation is 1. The highest BCUT2D eigenvalue weighted by Crippen LogP contribution is 2.23. The molecule has 0 radical (unpaired) electrons. The van der Waals surface area contributed by atoms with Crippen LogP contribution in [0.3, 0.4) is 0 Å². The van der Waals surface area contributed by atoms with Gasteiger partial charge >= 0.3 is 0 Å². The molecule has 1 aromatic heterocycles. The summed E-state index contributed by atoms with van der Waals surface area (Å²) in [6.07, 6.45) is 3.67. The van der Waals surface area contributed by atoms with E-state index in [1.54, 1.807) is 10.9 Å². The quantitative estimate of drug-likeness (QED) is 0.865. The first-order chi connectivity index (χ1) is 10.2. The lowest BCUT2D eigenvalue weighted by molar-refractivity contribution is 0.102. The lowest BCUT2D eigenvalue weighted by Gasteiger charge is -2.17. The largest absolute Gasteiger partial charge is 0.312 e. The first-order valence-corrected chi connectivity index (χ1v) is 8.08. The van der Waals surface area contributed by atoms with Gasteiger partial charge in [0.25, 0.3) is 0 Å². The highest BCUT2D eigenvalue weighted by atomic mass is 79.9. The number of halogens is 1. The van der Waals surface area contributed by atoms with Gasteiger partial charge in [0.2, 0.25) is 5.78 Å². The minimum atomic E-state index is 0.0289. The Kier molecular flexibility index (Phi) is 4.22. The lowest BCUT2D eigenvalue weighted by atomic mass is 9.96. The predicted octanol–water partition coefficient (Wildman–Crippen LogP) is 2.93. The molecule has 0 spiro atoms. The molecule has 1 N–H and O–H groups in total. The van der Waals surface area contributed by atoms with Gasteiger partial charge in [-0.25, -0.2) is 0 Å². The fourth-order valence-electron chi connectivity index (χ4n) is 2.73. The van der Waals surface area contributed by atoms with Crippen molar-refractivity contribution >= 4 is 21.7 Å². The van der Waals surface area contributed by atoms with Crippen molar-refractivity contribution in [2.24, 2.45) is 0 Å². The smallest absolute Gasteiger partial charge is 0.212 e. The number of hydrogen-bond donors (Lipinski definition) is 1. The first-order valence-electron chi connectivity index (χ1n) is 7.29. The number of aromatic nitrogens is 2. The number of fused-ring (bicyclic) bond motifs is 1. The maximum atomic E-state index is 12.8. The molecule has 1 aliphatic rings. The first kappa shape index (κ1) is 14.5. The highest BCUT2D eigenvalue weighted by molar-refractivity contribution is 9.10. The van der Waals surface area contributed by atoms with E-state index in [2.05, 4.69) is 39.3 Å². The average Bonchev–Trinajstić information content (AvgIpc) is 2.87. The predicted molar refractivity (Wildman–Crippen MR) is 85.5 cm³/mol. The second-order valence-corrected chi connectivity index (χ2v) is 6.16. The van der Waals surface area contributed by atoms with Crippen LogP contribution < -0.4 is 5.32 Å². The Morgan fingerprint density at radius 3 is 3.10 bits per heavy atom. The Morgan fingerprint density at radius 1 is 1.43 bits per heavy atom. The van der Waals surface area contributed by atoms with E-state index in [1.807, 2.05) is 12.1 Å². The van der Waals surface area contributed by atoms with E-state index in [4.69, 9.17) is 0 Å². The van der Waals surface area contributed by atoms with Gasteiger partial charge in [0.1, 0.15) is 5.69 Å². The summed E-state index contributed by atoms with van der Waals surface area (Å²) in [7, 11) is 0. The molecule has 0 unspecified atom stereocenters. The van der Waals surface area contributed by atoms with E-state index < -0.39 is 0 Å². The van der Waals surface area contributed by atoms with Crippen molar-refractivity contribution in [3.63, 3.8) is 0 Å². The molecule has 0 atom stereocenters. The number of nitrogens with one attached hydrogen (secondary N) is 1. The maximum Gasteiger partial charge on any atom is 0.212 e. The van der Waals surface area contributed by atoms with Gasteiger partial charge in [-0.05, 0) is 52.5 Å². The fourth-order valence-corrected chi connectivity index (χ4v) is 3.20. The molecule has 0 fully saturated rings. The van der Waals surface area contributed by atoms with Crippen LogP contribution in [0, 0.1) is 0 Å². The topological polar surface area (TPSA) is 46.9 Å². The van der Waals surface area contributed by atoms with Crippen LogP contribution in [0.25, 0.3) is 0 Å². The Labute approximate surface area is 132 Å². The zero-order chi connectivity index (χ0) is 14.8. The molecule has 0 amide bonds. The van der Waals surface area contributed by atoms with Crippen molar-refractivity contribution in [2.75, 3.05) is 6.54 Å². The van der Waals surface area contributed by atoms with E-state index in [9.17, 15) is 4.79 Å². The lowest BCUT2D eigenvalue weighted by Crippen LogP contribution is -2.24. The molecular formula is C16H18BrN3O. The van der Waals surface area contributed by atoms with Crippen molar-refractivity contribution < 1.29 is 4.79 Å². The molecule has 1 aromatic carbocycles. The summed E-state index contributed by atoms with van der Waals surface area (Å²) in [6.45, 7) is 4.68. The van der Waals surface area contributed by atoms with E-state index in [0.29, 0.717) is 5.69 Å². The van der Waals surface area contributed by atoms with E-state index >= 15 is 0 Å². The number of rotatable bonds is 4. The van der Waals surface area contributed by atoms with Crippen LogP contribution in [0.4, 0.5) is 0 Å². The number of carbonyl (C=O) groups excluding carboxylic acids is 1. The molecule has 0 bridgehead atoms. The molecule has 2 aromatic rings. The molecule has 1 aliphatic heterocycles. The summed E-state index contributed by atoms with van der Waals surface area (Å²) in [5.74, 6) is 0.0289. The van der Waals surface area contributed by atoms with Gasteiger partial charge in [-0.3, -0.25) is 9.48 Å². The van der Waals surface area contributed by atoms with Crippen LogP contribution in [-0.4, -0.2) is 22.1 Å². The molecule has 110 valence electrons. The zero-order valence-corrected chi connectivity index (χ0v) is 13.6. The number of ketones is 1. The van der Waals surface area contributed by atoms with Crippen molar-refractivity contribution in [3.05, 3.63) is 51.3 Å². The van der Waals surface area contributed by atoms with Gasteiger partial charge in [-0.15, -0.1) is 0 Å². The number of nitrogens with zero attached hydrogens (tertiary/aromatic N) is 2. The Morgan fingerprint density at radius 2 is 2.29 bits per heavy atom.